The highest BCUT2D eigenvalue weighted by Crippen LogP contribution is 2.29. The quantitative estimate of drug-likeness (QED) is 0.436. The summed E-state index contributed by atoms with van der Waals surface area (Å²) in [6, 6.07) is 5.50. The first-order chi connectivity index (χ1) is 13.4. The molecule has 0 saturated carbocycles. The smallest absolute Gasteiger partial charge is 0.364 e. The lowest BCUT2D eigenvalue weighted by Crippen LogP contribution is -2.47. The van der Waals surface area contributed by atoms with Crippen molar-refractivity contribution in [2.24, 2.45) is 5.92 Å². The first-order valence-electron chi connectivity index (χ1n) is 9.20. The molecule has 2 N–H and O–H groups in total. The lowest BCUT2D eigenvalue weighted by molar-refractivity contribution is -0.271. The molecule has 1 heterocycles. The number of nitrogens with one attached hydrogen (secondary N) is 1. The number of carboxylic acids is 1. The van der Waals surface area contributed by atoms with Gasteiger partial charge in [0, 0.05) is 18.4 Å². The number of hydrogen-bond acceptors (Lipinski definition) is 7. The predicted molar refractivity (Wildman–Crippen MR) is 103 cm³/mol. The SMILES string of the molecule is C=C(NOCCCCC1COC(C)(C(=O)O)OC1)c1ccc(OC)c(OC)c1. The number of benzene rings is 1. The Morgan fingerprint density at radius 1 is 1.25 bits per heavy atom. The number of carbonyl (C=O) groups is 1. The van der Waals surface area contributed by atoms with Crippen LogP contribution in [0.3, 0.4) is 0 Å². The summed E-state index contributed by atoms with van der Waals surface area (Å²) in [5.41, 5.74) is 4.31. The summed E-state index contributed by atoms with van der Waals surface area (Å²) in [4.78, 5) is 16.5. The second-order valence-corrected chi connectivity index (χ2v) is 6.73. The lowest BCUT2D eigenvalue weighted by Gasteiger charge is -2.34. The molecule has 1 aliphatic heterocycles. The van der Waals surface area contributed by atoms with Crippen molar-refractivity contribution < 1.29 is 33.7 Å². The van der Waals surface area contributed by atoms with E-state index in [9.17, 15) is 4.79 Å². The van der Waals surface area contributed by atoms with Crippen molar-refractivity contribution in [3.63, 3.8) is 0 Å². The first kappa shape index (κ1) is 22.0. The summed E-state index contributed by atoms with van der Waals surface area (Å²) in [5, 5.41) is 9.05. The molecule has 28 heavy (non-hydrogen) atoms. The van der Waals surface area contributed by atoms with E-state index in [0.29, 0.717) is 37.0 Å². The van der Waals surface area contributed by atoms with E-state index in [1.54, 1.807) is 14.2 Å². The standard InChI is InChI=1S/C20H29NO7/c1-14(16-8-9-17(24-3)18(11-16)25-4)21-28-10-6-5-7-15-12-26-20(2,19(22)23)27-13-15/h8-9,11,15,21H,1,5-7,10,12-13H2,2-4H3,(H,22,23). The van der Waals surface area contributed by atoms with E-state index in [2.05, 4.69) is 12.1 Å². The monoisotopic (exact) mass is 395 g/mol. The maximum absolute atomic E-state index is 11.0. The summed E-state index contributed by atoms with van der Waals surface area (Å²) in [7, 11) is 3.17. The third-order valence-corrected chi connectivity index (χ3v) is 4.61. The van der Waals surface area contributed by atoms with Crippen LogP contribution in [0.4, 0.5) is 0 Å². The number of rotatable bonds is 11. The van der Waals surface area contributed by atoms with Gasteiger partial charge in [0.1, 0.15) is 0 Å². The largest absolute Gasteiger partial charge is 0.493 e. The second kappa shape index (κ2) is 10.3. The van der Waals surface area contributed by atoms with Gasteiger partial charge in [-0.2, -0.15) is 0 Å². The minimum absolute atomic E-state index is 0.196. The Balaban J connectivity index is 1.62. The summed E-state index contributed by atoms with van der Waals surface area (Å²) < 4.78 is 21.2. The van der Waals surface area contributed by atoms with E-state index in [4.69, 9.17) is 28.9 Å². The van der Waals surface area contributed by atoms with Crippen LogP contribution in [0.1, 0.15) is 31.7 Å². The topological polar surface area (TPSA) is 95.5 Å². The van der Waals surface area contributed by atoms with Crippen LogP contribution in [0, 0.1) is 5.92 Å². The van der Waals surface area contributed by atoms with Gasteiger partial charge in [0.25, 0.3) is 5.79 Å². The van der Waals surface area contributed by atoms with Gasteiger partial charge in [0.05, 0.1) is 39.7 Å². The molecule has 1 aromatic carbocycles. The van der Waals surface area contributed by atoms with Gasteiger partial charge < -0.3 is 24.1 Å². The van der Waals surface area contributed by atoms with Crippen molar-refractivity contribution in [1.82, 2.24) is 5.48 Å². The van der Waals surface area contributed by atoms with Crippen LogP contribution in [0.25, 0.3) is 5.70 Å². The van der Waals surface area contributed by atoms with E-state index >= 15 is 0 Å². The molecule has 0 bridgehead atoms. The molecular formula is C20H29NO7. The molecule has 0 aliphatic carbocycles. The number of hydrogen-bond donors (Lipinski definition) is 2. The van der Waals surface area contributed by atoms with Gasteiger partial charge >= 0.3 is 5.97 Å². The summed E-state index contributed by atoms with van der Waals surface area (Å²) in [5.74, 6) is -1.14. The molecule has 8 heteroatoms. The Labute approximate surface area is 165 Å². The molecule has 0 atom stereocenters. The molecular weight excluding hydrogens is 366 g/mol. The molecule has 8 nitrogen and oxygen atoms in total. The summed E-state index contributed by atoms with van der Waals surface area (Å²) in [6.45, 7) is 6.68. The van der Waals surface area contributed by atoms with Gasteiger partial charge in [-0.1, -0.05) is 13.0 Å². The normalized spacial score (nSPS) is 21.8. The number of unbranched alkanes of at least 4 members (excludes halogenated alkanes) is 1. The average Bonchev–Trinajstić information content (AvgIpc) is 2.71. The van der Waals surface area contributed by atoms with Gasteiger partial charge in [0.2, 0.25) is 0 Å². The molecule has 2 rings (SSSR count). The Kier molecular flexibility index (Phi) is 8.10. The average molecular weight is 395 g/mol. The fraction of sp³-hybridized carbons (Fsp3) is 0.550. The lowest BCUT2D eigenvalue weighted by atomic mass is 10.0. The molecule has 1 saturated heterocycles. The maximum Gasteiger partial charge on any atom is 0.364 e. The van der Waals surface area contributed by atoms with Gasteiger partial charge in [-0.3, -0.25) is 10.3 Å². The molecule has 0 spiro atoms. The minimum atomic E-state index is -1.52. The van der Waals surface area contributed by atoms with Crippen LogP contribution in [0.5, 0.6) is 11.5 Å². The van der Waals surface area contributed by atoms with Gasteiger partial charge in [0.15, 0.2) is 11.5 Å². The first-order valence-corrected chi connectivity index (χ1v) is 9.20. The Hall–Kier alpha value is -2.29. The fourth-order valence-corrected chi connectivity index (χ4v) is 2.76. The van der Waals surface area contributed by atoms with E-state index in [-0.39, 0.29) is 5.92 Å². The van der Waals surface area contributed by atoms with E-state index in [1.807, 2.05) is 18.2 Å². The predicted octanol–water partition coefficient (Wildman–Crippen LogP) is 2.83. The van der Waals surface area contributed by atoms with E-state index in [0.717, 1.165) is 24.8 Å². The number of hydroxylamine groups is 1. The van der Waals surface area contributed by atoms with Gasteiger partial charge in [-0.15, -0.1) is 0 Å². The second-order valence-electron chi connectivity index (χ2n) is 6.73. The molecule has 1 aliphatic rings. The van der Waals surface area contributed by atoms with Crippen LogP contribution in [0.2, 0.25) is 0 Å². The highest BCUT2D eigenvalue weighted by atomic mass is 16.7. The van der Waals surface area contributed by atoms with Crippen molar-refractivity contribution in [3.8, 4) is 11.5 Å². The van der Waals surface area contributed by atoms with Crippen LogP contribution in [-0.4, -0.2) is 50.9 Å². The molecule has 156 valence electrons. The van der Waals surface area contributed by atoms with Crippen LogP contribution >= 0.6 is 0 Å². The van der Waals surface area contributed by atoms with Crippen molar-refractivity contribution in [2.75, 3.05) is 34.0 Å². The molecule has 0 amide bonds. The number of aliphatic carboxylic acids is 1. The van der Waals surface area contributed by atoms with E-state index < -0.39 is 11.8 Å². The number of ether oxygens (including phenoxy) is 4. The highest BCUT2D eigenvalue weighted by Gasteiger charge is 2.40. The molecule has 1 fully saturated rings. The van der Waals surface area contributed by atoms with Gasteiger partial charge in [-0.05, 0) is 31.0 Å². The zero-order chi connectivity index (χ0) is 20.6. The zero-order valence-corrected chi connectivity index (χ0v) is 16.7. The van der Waals surface area contributed by atoms with Crippen LogP contribution in [-0.2, 0) is 19.1 Å². The van der Waals surface area contributed by atoms with Gasteiger partial charge in [-0.25, -0.2) is 4.79 Å². The van der Waals surface area contributed by atoms with E-state index in [1.165, 1.54) is 6.92 Å². The fourth-order valence-electron chi connectivity index (χ4n) is 2.76. The Bertz CT molecular complexity index is 669. The number of carboxylic acid groups (broad SMARTS) is 1. The molecule has 0 unspecified atom stereocenters. The van der Waals surface area contributed by atoms with Crippen LogP contribution in [0.15, 0.2) is 24.8 Å². The summed E-state index contributed by atoms with van der Waals surface area (Å²) in [6.07, 6.45) is 2.65. The van der Waals surface area contributed by atoms with Crippen molar-refractivity contribution in [3.05, 3.63) is 30.3 Å². The molecule has 0 aromatic heterocycles. The minimum Gasteiger partial charge on any atom is -0.493 e. The van der Waals surface area contributed by atoms with Crippen molar-refractivity contribution in [2.45, 2.75) is 32.0 Å². The maximum atomic E-state index is 11.0. The molecule has 0 radical (unpaired) electrons. The third-order valence-electron chi connectivity index (χ3n) is 4.61. The molecule has 1 aromatic rings. The number of methoxy groups -OCH3 is 2. The highest BCUT2D eigenvalue weighted by molar-refractivity contribution is 5.75. The van der Waals surface area contributed by atoms with Crippen molar-refractivity contribution in [1.29, 1.82) is 0 Å². The zero-order valence-electron chi connectivity index (χ0n) is 16.7. The van der Waals surface area contributed by atoms with Crippen LogP contribution < -0.4 is 15.0 Å². The Morgan fingerprint density at radius 3 is 2.54 bits per heavy atom. The third kappa shape index (κ3) is 5.85. The summed E-state index contributed by atoms with van der Waals surface area (Å²) >= 11 is 0. The Morgan fingerprint density at radius 2 is 1.93 bits per heavy atom. The van der Waals surface area contributed by atoms with Crippen molar-refractivity contribution >= 4 is 11.7 Å².